The molecular weight excluding hydrogens is 511 g/mol. The predicted molar refractivity (Wildman–Crippen MR) is 138 cm³/mol. The fourth-order valence-electron chi connectivity index (χ4n) is 6.15. The molecule has 1 unspecified atom stereocenters. The molecule has 12 heteroatoms. The van der Waals surface area contributed by atoms with Crippen LogP contribution in [0.4, 0.5) is 19.0 Å². The normalized spacial score (nSPS) is 22.0. The van der Waals surface area contributed by atoms with Crippen LogP contribution in [0.2, 0.25) is 0 Å². The lowest BCUT2D eigenvalue weighted by atomic mass is 9.86. The number of benzene rings is 1. The minimum atomic E-state index is -4.35. The fraction of sp³-hybridized carbons (Fsp3) is 0.556. The first-order valence-corrected chi connectivity index (χ1v) is 13.5. The number of fused-ring (bicyclic) bond motifs is 1. The molecule has 3 aliphatic rings. The Bertz CT molecular complexity index is 1320. The van der Waals surface area contributed by atoms with Gasteiger partial charge in [-0.1, -0.05) is 12.1 Å². The smallest absolute Gasteiger partial charge is 0.408 e. The number of likely N-dealkylation sites (tertiary alicyclic amines) is 2. The molecule has 0 aliphatic carbocycles. The summed E-state index contributed by atoms with van der Waals surface area (Å²) in [5.41, 5.74) is 1.60. The molecule has 39 heavy (non-hydrogen) atoms. The van der Waals surface area contributed by atoms with Crippen molar-refractivity contribution in [3.8, 4) is 5.75 Å². The second-order valence-electron chi connectivity index (χ2n) is 11.0. The average molecular weight is 544 g/mol. The minimum absolute atomic E-state index is 0.0439. The summed E-state index contributed by atoms with van der Waals surface area (Å²) >= 11 is 0. The van der Waals surface area contributed by atoms with Gasteiger partial charge in [0.15, 0.2) is 12.3 Å². The number of ether oxygens (including phenoxy) is 1. The first-order valence-electron chi connectivity index (χ1n) is 13.5. The van der Waals surface area contributed by atoms with Gasteiger partial charge in [0.25, 0.3) is 5.91 Å². The highest BCUT2D eigenvalue weighted by atomic mass is 19.4. The molecule has 2 aromatic heterocycles. The van der Waals surface area contributed by atoms with E-state index in [2.05, 4.69) is 37.0 Å². The molecule has 3 saturated heterocycles. The van der Waals surface area contributed by atoms with E-state index in [0.717, 1.165) is 76.2 Å². The number of anilines is 1. The molecule has 3 aromatic rings. The van der Waals surface area contributed by atoms with E-state index >= 15 is 0 Å². The van der Waals surface area contributed by atoms with E-state index in [1.54, 1.807) is 0 Å². The number of halogens is 3. The van der Waals surface area contributed by atoms with E-state index in [1.165, 1.54) is 18.1 Å². The summed E-state index contributed by atoms with van der Waals surface area (Å²) in [6.07, 6.45) is 2.63. The highest BCUT2D eigenvalue weighted by Gasteiger charge is 2.44. The summed E-state index contributed by atoms with van der Waals surface area (Å²) in [6.45, 7) is 4.95. The second kappa shape index (κ2) is 10.3. The van der Waals surface area contributed by atoms with Crippen LogP contribution in [0.3, 0.4) is 0 Å². The maximum atomic E-state index is 12.9. The van der Waals surface area contributed by atoms with Gasteiger partial charge in [0.1, 0.15) is 24.4 Å². The minimum Gasteiger partial charge on any atom is -0.484 e. The predicted octanol–water partition coefficient (Wildman–Crippen LogP) is 3.49. The Morgan fingerprint density at radius 2 is 1.77 bits per heavy atom. The second-order valence-corrected chi connectivity index (χ2v) is 11.0. The number of amides is 1. The standard InChI is InChI=1S/C27H32F3N7O2/c28-27(29,30)18-37-14-22-24(33-37)31-19-32-25(22)36-12-8-26(17-36)7-11-34(16-26)13-20-3-5-21(6-4-20)39-15-23(38)35-9-1-2-10-35/h3-6,14,19H,1-2,7-13,15-18H2. The molecule has 1 spiro atoms. The van der Waals surface area contributed by atoms with Crippen molar-refractivity contribution < 1.29 is 22.7 Å². The van der Waals surface area contributed by atoms with Crippen molar-refractivity contribution in [2.75, 3.05) is 50.8 Å². The van der Waals surface area contributed by atoms with Gasteiger partial charge in [-0.25, -0.2) is 9.97 Å². The summed E-state index contributed by atoms with van der Waals surface area (Å²) in [4.78, 5) is 27.2. The Kier molecular flexibility index (Phi) is 6.82. The van der Waals surface area contributed by atoms with Crippen LogP contribution in [0.5, 0.6) is 5.75 Å². The van der Waals surface area contributed by atoms with Crippen molar-refractivity contribution in [3.63, 3.8) is 0 Å². The van der Waals surface area contributed by atoms with Crippen LogP contribution in [0.15, 0.2) is 36.8 Å². The molecule has 208 valence electrons. The lowest BCUT2D eigenvalue weighted by molar-refractivity contribution is -0.142. The fourth-order valence-corrected chi connectivity index (χ4v) is 6.15. The van der Waals surface area contributed by atoms with Gasteiger partial charge in [0, 0.05) is 50.9 Å². The van der Waals surface area contributed by atoms with Crippen LogP contribution in [-0.2, 0) is 17.9 Å². The van der Waals surface area contributed by atoms with E-state index in [1.807, 2.05) is 17.0 Å². The van der Waals surface area contributed by atoms with Crippen LogP contribution in [0.25, 0.3) is 11.0 Å². The van der Waals surface area contributed by atoms with Gasteiger partial charge >= 0.3 is 6.18 Å². The highest BCUT2D eigenvalue weighted by molar-refractivity contribution is 5.86. The first-order chi connectivity index (χ1) is 18.8. The Morgan fingerprint density at radius 1 is 1.00 bits per heavy atom. The molecule has 1 aromatic carbocycles. The van der Waals surface area contributed by atoms with Gasteiger partial charge in [-0.15, -0.1) is 0 Å². The van der Waals surface area contributed by atoms with Gasteiger partial charge < -0.3 is 14.5 Å². The molecule has 9 nitrogen and oxygen atoms in total. The van der Waals surface area contributed by atoms with Crippen molar-refractivity contribution in [1.82, 2.24) is 29.5 Å². The number of hydrogen-bond donors (Lipinski definition) is 0. The van der Waals surface area contributed by atoms with Gasteiger partial charge in [0.05, 0.1) is 5.39 Å². The third-order valence-electron chi connectivity index (χ3n) is 8.09. The summed E-state index contributed by atoms with van der Waals surface area (Å²) in [5, 5.41) is 4.56. The Labute approximate surface area is 224 Å². The van der Waals surface area contributed by atoms with Crippen molar-refractivity contribution in [2.24, 2.45) is 5.41 Å². The molecule has 1 atom stereocenters. The number of carbonyl (C=O) groups excluding carboxylic acids is 1. The van der Waals surface area contributed by atoms with Gasteiger partial charge in [-0.05, 0) is 49.9 Å². The average Bonchev–Trinajstić information content (AvgIpc) is 3.70. The maximum absolute atomic E-state index is 12.9. The molecule has 0 N–H and O–H groups in total. The molecule has 0 saturated carbocycles. The lowest BCUT2D eigenvalue weighted by Crippen LogP contribution is -2.32. The van der Waals surface area contributed by atoms with Gasteiger partial charge in [-0.3, -0.25) is 14.4 Å². The number of carbonyl (C=O) groups is 1. The summed E-state index contributed by atoms with van der Waals surface area (Å²) < 4.78 is 45.2. The lowest BCUT2D eigenvalue weighted by Gasteiger charge is -2.25. The van der Waals surface area contributed by atoms with E-state index in [0.29, 0.717) is 17.0 Å². The van der Waals surface area contributed by atoms with E-state index in [-0.39, 0.29) is 23.6 Å². The van der Waals surface area contributed by atoms with Crippen LogP contribution in [0.1, 0.15) is 31.2 Å². The van der Waals surface area contributed by atoms with Crippen LogP contribution >= 0.6 is 0 Å². The SMILES string of the molecule is O=C(COc1ccc(CN2CCC3(CCN(c4ncnc5nn(CC(F)(F)F)cc45)C3)C2)cc1)N1CCCC1. The third kappa shape index (κ3) is 5.80. The molecule has 3 aliphatic heterocycles. The third-order valence-corrected chi connectivity index (χ3v) is 8.09. The van der Waals surface area contributed by atoms with Crippen molar-refractivity contribution in [3.05, 3.63) is 42.4 Å². The molecule has 3 fully saturated rings. The van der Waals surface area contributed by atoms with E-state index in [9.17, 15) is 18.0 Å². The van der Waals surface area contributed by atoms with Crippen LogP contribution < -0.4 is 9.64 Å². The van der Waals surface area contributed by atoms with Crippen molar-refractivity contribution in [2.45, 2.75) is 44.9 Å². The van der Waals surface area contributed by atoms with Gasteiger partial charge in [0.2, 0.25) is 0 Å². The zero-order chi connectivity index (χ0) is 27.0. The number of hydrogen-bond acceptors (Lipinski definition) is 7. The highest BCUT2D eigenvalue weighted by Crippen LogP contribution is 2.42. The maximum Gasteiger partial charge on any atom is 0.408 e. The molecule has 5 heterocycles. The number of rotatable bonds is 7. The zero-order valence-electron chi connectivity index (χ0n) is 21.7. The summed E-state index contributed by atoms with van der Waals surface area (Å²) in [7, 11) is 0. The first kappa shape index (κ1) is 25.8. The zero-order valence-corrected chi connectivity index (χ0v) is 21.7. The molecule has 6 rings (SSSR count). The molecular formula is C27H32F3N7O2. The molecule has 0 bridgehead atoms. The van der Waals surface area contributed by atoms with Crippen molar-refractivity contribution in [1.29, 1.82) is 0 Å². The molecule has 0 radical (unpaired) electrons. The monoisotopic (exact) mass is 543 g/mol. The van der Waals surface area contributed by atoms with Gasteiger partial charge in [-0.2, -0.15) is 18.3 Å². The Hall–Kier alpha value is -3.41. The van der Waals surface area contributed by atoms with E-state index < -0.39 is 12.7 Å². The summed E-state index contributed by atoms with van der Waals surface area (Å²) in [5.74, 6) is 1.40. The number of nitrogens with zero attached hydrogens (tertiary/aromatic N) is 7. The van der Waals surface area contributed by atoms with Crippen molar-refractivity contribution >= 4 is 22.8 Å². The Balaban J connectivity index is 1.04. The van der Waals surface area contributed by atoms with Crippen LogP contribution in [-0.4, -0.2) is 87.5 Å². The Morgan fingerprint density at radius 3 is 2.54 bits per heavy atom. The van der Waals surface area contributed by atoms with Crippen LogP contribution in [0, 0.1) is 5.41 Å². The quantitative estimate of drug-likeness (QED) is 0.452. The topological polar surface area (TPSA) is 79.6 Å². The summed E-state index contributed by atoms with van der Waals surface area (Å²) in [6, 6.07) is 7.96. The number of aromatic nitrogens is 4. The number of alkyl halides is 3. The largest absolute Gasteiger partial charge is 0.484 e. The molecule has 1 amide bonds. The van der Waals surface area contributed by atoms with E-state index in [4.69, 9.17) is 4.74 Å².